The minimum atomic E-state index is -4.89. The number of hydrogen-bond donors (Lipinski definition) is 5. The van der Waals surface area contributed by atoms with Gasteiger partial charge >= 0.3 is 13.9 Å². The molecule has 424 valence electrons. The van der Waals surface area contributed by atoms with Crippen LogP contribution in [0, 0.1) is 17.2 Å². The first-order chi connectivity index (χ1) is 38.4. The molecule has 5 aromatic rings. The molecule has 1 saturated carbocycles. The molecule has 0 radical (unpaired) electrons. The van der Waals surface area contributed by atoms with Crippen LogP contribution in [0.25, 0.3) is 11.3 Å². The number of hydrogen-bond acceptors (Lipinski definition) is 19. The maximum atomic E-state index is 14.1. The first-order valence-electron chi connectivity index (χ1n) is 27.1. The number of amides is 3. The van der Waals surface area contributed by atoms with Crippen molar-refractivity contribution in [1.29, 1.82) is 5.26 Å². The van der Waals surface area contributed by atoms with E-state index < -0.39 is 32.0 Å². The highest BCUT2D eigenvalue weighted by molar-refractivity contribution is 7.46. The Balaban J connectivity index is 0.659. The maximum absolute atomic E-state index is 14.1. The number of aliphatic hydroxyl groups excluding tert-OH is 1. The van der Waals surface area contributed by atoms with E-state index in [9.17, 15) is 33.8 Å². The summed E-state index contributed by atoms with van der Waals surface area (Å²) in [6, 6.07) is 21.4. The van der Waals surface area contributed by atoms with Crippen molar-refractivity contribution in [3.05, 3.63) is 95.9 Å². The summed E-state index contributed by atoms with van der Waals surface area (Å²) in [4.78, 5) is 71.4. The van der Waals surface area contributed by atoms with Crippen LogP contribution < -0.4 is 39.6 Å². The van der Waals surface area contributed by atoms with E-state index in [1.807, 2.05) is 32.9 Å². The average Bonchev–Trinajstić information content (AvgIpc) is 4.13. The van der Waals surface area contributed by atoms with E-state index in [-0.39, 0.29) is 95.9 Å². The Kier molecular flexibility index (Phi) is 16.9. The Morgan fingerprint density at radius 2 is 1.64 bits per heavy atom. The average molecular weight is 1120 g/mol. The van der Waals surface area contributed by atoms with Gasteiger partial charge in [0.15, 0.2) is 5.76 Å². The monoisotopic (exact) mass is 1120 g/mol. The zero-order valence-corrected chi connectivity index (χ0v) is 45.5. The summed E-state index contributed by atoms with van der Waals surface area (Å²) >= 11 is 0. The van der Waals surface area contributed by atoms with Crippen molar-refractivity contribution in [3.8, 4) is 40.7 Å². The lowest BCUT2D eigenvalue weighted by Crippen LogP contribution is -2.54. The van der Waals surface area contributed by atoms with E-state index in [0.717, 1.165) is 62.9 Å². The number of nitrogens with two attached hydrogens (primary N) is 1. The summed E-state index contributed by atoms with van der Waals surface area (Å²) in [5.74, 6) is -0.708. The fraction of sp³-hybridized carbons (Fsp3) is 0.491. The van der Waals surface area contributed by atoms with Gasteiger partial charge in [0.2, 0.25) is 17.7 Å². The summed E-state index contributed by atoms with van der Waals surface area (Å²) < 4.78 is 46.6. The van der Waals surface area contributed by atoms with Gasteiger partial charge < -0.3 is 58.9 Å². The second-order valence-electron chi connectivity index (χ2n) is 21.5. The molecule has 3 amide bonds. The minimum Gasteiger partial charge on any atom is -0.474 e. The van der Waals surface area contributed by atoms with Crippen molar-refractivity contribution in [3.63, 3.8) is 0 Å². The molecule has 7 heterocycles. The number of carbonyl (C=O) groups excluding carboxylic acids is 3. The van der Waals surface area contributed by atoms with Crippen molar-refractivity contribution in [1.82, 2.24) is 35.5 Å². The van der Waals surface area contributed by atoms with Gasteiger partial charge in [-0.1, -0.05) is 38.1 Å². The molecule has 2 aromatic carbocycles. The minimum absolute atomic E-state index is 0.0156. The lowest BCUT2D eigenvalue weighted by atomic mass is 9.91. The van der Waals surface area contributed by atoms with Gasteiger partial charge in [0, 0.05) is 100 Å². The number of aromatic nitrogens is 4. The molecular weight excluding hydrogens is 1050 g/mol. The fourth-order valence-electron chi connectivity index (χ4n) is 11.6. The molecule has 5 fully saturated rings. The standard InChI is InChI=1S/C55H66N11O13P/c1-32(2)51(54(69)65-31-39(67)23-45(65)52(68)59-33(3)35-10-8-34(28-56)9-11-35)48-27-50(62-78-48)74-21-20-63-18-15-40(16-19-63)75-41-24-42(25-41)76-49-22-36(14-17-58-49)66-37-12-13-38(66)30-64(29-37)46-26-44(60-61-53(46)77-55(57)70)43-6-4-5-7-47(43)79-80(71,72)73/h4-11,14,17,22,26-27,32-33,37-42,45,51,67H,12-13,15-16,18-21,23-25,29-31H2,1-3H3,(H2,57,70)(H,59,68)(H2,71,72,73)/t33-,37?,38?,39-,41?,42?,45+,51-/m1/s1. The molecule has 1 aliphatic carbocycles. The number of phosphoric ester groups is 1. The highest BCUT2D eigenvalue weighted by Gasteiger charge is 2.45. The summed E-state index contributed by atoms with van der Waals surface area (Å²) in [6.07, 6.45) is 5.25. The number of anilines is 2. The second-order valence-corrected chi connectivity index (χ2v) is 22.6. The zero-order chi connectivity index (χ0) is 56.2. The Morgan fingerprint density at radius 1 is 0.900 bits per heavy atom. The normalized spacial score (nSPS) is 23.0. The molecule has 0 spiro atoms. The molecule has 3 aromatic heterocycles. The summed E-state index contributed by atoms with van der Waals surface area (Å²) in [5.41, 5.74) is 8.72. The number of β-amino-alcohol motifs (C(OH)–C–C–N with tert-alkyl or cyclic N) is 1. The molecule has 10 rings (SSSR count). The number of primary amides is 1. The van der Waals surface area contributed by atoms with E-state index in [4.69, 9.17) is 39.0 Å². The number of phosphoric acid groups is 1. The van der Waals surface area contributed by atoms with E-state index in [1.165, 1.54) is 11.0 Å². The third kappa shape index (κ3) is 13.1. The number of fused-ring (bicyclic) bond motifs is 2. The van der Waals surface area contributed by atoms with Gasteiger partial charge in [-0.15, -0.1) is 10.2 Å². The predicted molar refractivity (Wildman–Crippen MR) is 287 cm³/mol. The molecule has 25 heteroatoms. The number of benzene rings is 2. The van der Waals surface area contributed by atoms with Crippen molar-refractivity contribution >= 4 is 37.1 Å². The number of piperazine rings is 1. The van der Waals surface area contributed by atoms with Crippen LogP contribution in [0.3, 0.4) is 0 Å². The summed E-state index contributed by atoms with van der Waals surface area (Å²) in [5, 5.41) is 35.2. The number of nitrogens with one attached hydrogen (secondary N) is 1. The SMILES string of the molecule is CC(C)[C@@H](C(=O)N1C[C@H](O)C[C@H]1C(=O)N[C@H](C)c1ccc(C#N)cc1)c1cc(OCCN2CCC(OC3CC(Oc4cc(N5C6CCC5CN(c5cc(-c7ccccc7OP(=O)(O)O)nnc5OC(N)=O)C6)ccn4)C3)CC2)no1. The molecule has 80 heavy (non-hydrogen) atoms. The van der Waals surface area contributed by atoms with Crippen LogP contribution in [0.15, 0.2) is 83.5 Å². The van der Waals surface area contributed by atoms with Gasteiger partial charge in [0.05, 0.1) is 41.7 Å². The topological polar surface area (TPSA) is 315 Å². The van der Waals surface area contributed by atoms with Crippen molar-refractivity contribution in [2.24, 2.45) is 11.7 Å². The van der Waals surface area contributed by atoms with Crippen LogP contribution in [0.1, 0.15) is 94.6 Å². The number of piperidine rings is 1. The lowest BCUT2D eigenvalue weighted by molar-refractivity contribution is -0.141. The van der Waals surface area contributed by atoms with Crippen LogP contribution in [0.4, 0.5) is 16.2 Å². The Morgan fingerprint density at radius 3 is 2.34 bits per heavy atom. The Bertz CT molecular complexity index is 3090. The number of nitriles is 1. The number of ether oxygens (including phenoxy) is 4. The third-order valence-corrected chi connectivity index (χ3v) is 16.0. The predicted octanol–water partition coefficient (Wildman–Crippen LogP) is 5.23. The molecule has 4 saturated heterocycles. The molecule has 6 atom stereocenters. The van der Waals surface area contributed by atoms with Crippen molar-refractivity contribution < 1.29 is 61.8 Å². The number of pyridine rings is 1. The summed E-state index contributed by atoms with van der Waals surface area (Å²) in [6.45, 7) is 9.44. The molecular formula is C55H66N11O13P. The molecule has 2 unspecified atom stereocenters. The van der Waals surface area contributed by atoms with Crippen LogP contribution in [-0.2, 0) is 18.9 Å². The Labute approximate surface area is 462 Å². The van der Waals surface area contributed by atoms with E-state index in [2.05, 4.69) is 46.4 Å². The number of para-hydroxylation sites is 1. The van der Waals surface area contributed by atoms with E-state index in [0.29, 0.717) is 49.1 Å². The number of likely N-dealkylation sites (tertiary alicyclic amines) is 2. The van der Waals surface area contributed by atoms with Gasteiger partial charge in [0.25, 0.3) is 11.8 Å². The number of rotatable bonds is 20. The van der Waals surface area contributed by atoms with Crippen molar-refractivity contribution in [2.45, 2.75) is 120 Å². The number of aliphatic hydroxyl groups is 1. The first-order valence-corrected chi connectivity index (χ1v) is 28.6. The number of nitrogens with zero attached hydrogens (tertiary/aromatic N) is 9. The van der Waals surface area contributed by atoms with Gasteiger partial charge in [-0.3, -0.25) is 24.3 Å². The maximum Gasteiger partial charge on any atom is 0.524 e. The quantitative estimate of drug-likeness (QED) is 0.0623. The van der Waals surface area contributed by atoms with Gasteiger partial charge in [0.1, 0.15) is 36.1 Å². The van der Waals surface area contributed by atoms with E-state index in [1.54, 1.807) is 60.8 Å². The van der Waals surface area contributed by atoms with Gasteiger partial charge in [-0.25, -0.2) is 14.3 Å². The first kappa shape index (κ1) is 55.9. The molecule has 6 N–H and O–H groups in total. The van der Waals surface area contributed by atoms with Gasteiger partial charge in [-0.05, 0) is 85.6 Å². The van der Waals surface area contributed by atoms with E-state index >= 15 is 0 Å². The van der Waals surface area contributed by atoms with Crippen molar-refractivity contribution in [2.75, 3.05) is 55.7 Å². The lowest BCUT2D eigenvalue weighted by Gasteiger charge is -2.43. The zero-order valence-electron chi connectivity index (χ0n) is 44.7. The summed E-state index contributed by atoms with van der Waals surface area (Å²) in [7, 11) is -4.89. The Hall–Kier alpha value is -7.39. The molecule has 2 bridgehead atoms. The van der Waals surface area contributed by atoms with Crippen LogP contribution in [0.2, 0.25) is 0 Å². The molecule has 4 aliphatic heterocycles. The largest absolute Gasteiger partial charge is 0.524 e. The van der Waals surface area contributed by atoms with Gasteiger partial charge in [-0.2, -0.15) is 5.26 Å². The number of carbonyl (C=O) groups is 3. The smallest absolute Gasteiger partial charge is 0.474 e. The van der Waals surface area contributed by atoms with Crippen LogP contribution in [0.5, 0.6) is 23.4 Å². The third-order valence-electron chi connectivity index (χ3n) is 15.6. The highest BCUT2D eigenvalue weighted by Crippen LogP contribution is 2.45. The van der Waals surface area contributed by atoms with Crippen LogP contribution in [-0.4, -0.2) is 151 Å². The second kappa shape index (κ2) is 24.1. The van der Waals surface area contributed by atoms with Crippen LogP contribution >= 0.6 is 7.82 Å². The molecule has 5 aliphatic rings. The fourth-order valence-corrected chi connectivity index (χ4v) is 12.0. The molecule has 24 nitrogen and oxygen atoms in total. The highest BCUT2D eigenvalue weighted by atomic mass is 31.2.